The van der Waals surface area contributed by atoms with Gasteiger partial charge in [-0.15, -0.1) is 10.2 Å². The van der Waals surface area contributed by atoms with Crippen LogP contribution in [0.5, 0.6) is 0 Å². The van der Waals surface area contributed by atoms with Crippen molar-refractivity contribution in [1.82, 2.24) is 15.1 Å². The van der Waals surface area contributed by atoms with Crippen molar-refractivity contribution in [1.29, 1.82) is 0 Å². The van der Waals surface area contributed by atoms with Crippen LogP contribution < -0.4 is 10.2 Å². The van der Waals surface area contributed by atoms with Gasteiger partial charge in [-0.2, -0.15) is 0 Å². The third-order valence-corrected chi connectivity index (χ3v) is 4.14. The van der Waals surface area contributed by atoms with Gasteiger partial charge in [-0.25, -0.2) is 9.18 Å². The lowest BCUT2D eigenvalue weighted by atomic mass is 10.2. The fraction of sp³-hybridized carbons (Fsp3) is 0.333. The van der Waals surface area contributed by atoms with Crippen molar-refractivity contribution in [3.05, 3.63) is 47.8 Å². The smallest absolute Gasteiger partial charge is 0.409 e. The molecule has 27 heavy (non-hydrogen) atoms. The van der Waals surface area contributed by atoms with E-state index in [0.29, 0.717) is 38.6 Å². The van der Waals surface area contributed by atoms with Crippen LogP contribution in [0, 0.1) is 5.82 Å². The molecule has 0 radical (unpaired) electrons. The monoisotopic (exact) mass is 373 g/mol. The second kappa shape index (κ2) is 8.43. The normalized spacial score (nSPS) is 14.0. The van der Waals surface area contributed by atoms with Gasteiger partial charge in [0.15, 0.2) is 11.6 Å². The van der Waals surface area contributed by atoms with Crippen molar-refractivity contribution < 1.29 is 18.7 Å². The molecule has 0 bridgehead atoms. The van der Waals surface area contributed by atoms with E-state index in [9.17, 15) is 14.0 Å². The van der Waals surface area contributed by atoms with Crippen molar-refractivity contribution in [2.45, 2.75) is 6.92 Å². The Balaban J connectivity index is 1.57. The zero-order valence-corrected chi connectivity index (χ0v) is 14.9. The quantitative estimate of drug-likeness (QED) is 0.884. The van der Waals surface area contributed by atoms with Gasteiger partial charge in [0, 0.05) is 26.2 Å². The predicted octanol–water partition coefficient (Wildman–Crippen LogP) is 2.15. The number of amides is 2. The Bertz CT molecular complexity index is 807. The molecular formula is C18H20FN5O3. The number of rotatable bonds is 4. The number of ether oxygens (including phenoxy) is 1. The van der Waals surface area contributed by atoms with Crippen LogP contribution in [0.3, 0.4) is 0 Å². The Labute approximate surface area is 155 Å². The number of piperazine rings is 1. The van der Waals surface area contributed by atoms with E-state index in [4.69, 9.17) is 4.74 Å². The average Bonchev–Trinajstić information content (AvgIpc) is 2.69. The molecule has 0 atom stereocenters. The first-order valence-corrected chi connectivity index (χ1v) is 8.64. The van der Waals surface area contributed by atoms with E-state index in [1.165, 1.54) is 18.2 Å². The molecule has 1 aliphatic heterocycles. The molecule has 1 saturated heterocycles. The summed E-state index contributed by atoms with van der Waals surface area (Å²) in [7, 11) is 0. The Kier molecular flexibility index (Phi) is 5.80. The molecule has 1 aliphatic rings. The van der Waals surface area contributed by atoms with Gasteiger partial charge >= 0.3 is 6.09 Å². The van der Waals surface area contributed by atoms with Gasteiger partial charge in [0.05, 0.1) is 12.2 Å². The number of carbonyl (C=O) groups is 2. The number of hydrogen-bond acceptors (Lipinski definition) is 6. The maximum atomic E-state index is 13.6. The number of hydrogen-bond donors (Lipinski definition) is 1. The zero-order chi connectivity index (χ0) is 19.2. The summed E-state index contributed by atoms with van der Waals surface area (Å²) in [5.41, 5.74) is -0.0570. The van der Waals surface area contributed by atoms with E-state index in [-0.39, 0.29) is 17.5 Å². The van der Waals surface area contributed by atoms with Crippen LogP contribution in [0.2, 0.25) is 0 Å². The van der Waals surface area contributed by atoms with Crippen molar-refractivity contribution in [3.63, 3.8) is 0 Å². The molecule has 1 aromatic carbocycles. The molecule has 3 rings (SSSR count). The third kappa shape index (κ3) is 4.49. The number of benzene rings is 1. The van der Waals surface area contributed by atoms with Gasteiger partial charge < -0.3 is 19.9 Å². The minimum Gasteiger partial charge on any atom is -0.450 e. The fourth-order valence-electron chi connectivity index (χ4n) is 2.72. The minimum absolute atomic E-state index is 0.0570. The number of aromatic nitrogens is 2. The Morgan fingerprint density at radius 2 is 1.85 bits per heavy atom. The summed E-state index contributed by atoms with van der Waals surface area (Å²) in [6.07, 6.45) is -0.311. The zero-order valence-electron chi connectivity index (χ0n) is 14.9. The van der Waals surface area contributed by atoms with E-state index in [1.54, 1.807) is 30.0 Å². The van der Waals surface area contributed by atoms with Gasteiger partial charge in [0.25, 0.3) is 5.91 Å². The van der Waals surface area contributed by atoms with Crippen LogP contribution in [-0.4, -0.2) is 59.9 Å². The van der Waals surface area contributed by atoms with Crippen LogP contribution in [0.15, 0.2) is 36.4 Å². The molecule has 0 spiro atoms. The lowest BCUT2D eigenvalue weighted by Gasteiger charge is -2.34. The van der Waals surface area contributed by atoms with Gasteiger partial charge in [-0.05, 0) is 31.2 Å². The summed E-state index contributed by atoms with van der Waals surface area (Å²) in [5, 5.41) is 10.6. The number of carbonyl (C=O) groups excluding carboxylic acids is 2. The lowest BCUT2D eigenvalue weighted by molar-refractivity contribution is 0.102. The maximum absolute atomic E-state index is 13.6. The summed E-state index contributed by atoms with van der Waals surface area (Å²) in [6.45, 7) is 4.41. The van der Waals surface area contributed by atoms with E-state index < -0.39 is 11.7 Å². The standard InChI is InChI=1S/C18H20FN5O3/c1-2-27-18(26)24-11-9-23(10-12-24)16-8-7-15(21-22-16)20-17(25)13-5-3-4-6-14(13)19/h3-8H,2,9-12H2,1H3,(H,20,21,25). The molecule has 2 heterocycles. The second-order valence-electron chi connectivity index (χ2n) is 5.88. The highest BCUT2D eigenvalue weighted by atomic mass is 19.1. The summed E-state index contributed by atoms with van der Waals surface area (Å²) < 4.78 is 18.6. The van der Waals surface area contributed by atoms with Gasteiger partial charge in [0.2, 0.25) is 0 Å². The molecule has 2 amide bonds. The Morgan fingerprint density at radius 3 is 2.48 bits per heavy atom. The second-order valence-corrected chi connectivity index (χ2v) is 5.88. The van der Waals surface area contributed by atoms with E-state index in [0.717, 1.165) is 0 Å². The van der Waals surface area contributed by atoms with Gasteiger partial charge in [-0.3, -0.25) is 4.79 Å². The molecule has 2 aromatic rings. The predicted molar refractivity (Wildman–Crippen MR) is 97.2 cm³/mol. The van der Waals surface area contributed by atoms with E-state index in [2.05, 4.69) is 15.5 Å². The van der Waals surface area contributed by atoms with Crippen LogP contribution in [0.4, 0.5) is 20.8 Å². The Hall–Kier alpha value is -3.23. The van der Waals surface area contributed by atoms with Crippen LogP contribution >= 0.6 is 0 Å². The van der Waals surface area contributed by atoms with Crippen LogP contribution in [0.1, 0.15) is 17.3 Å². The molecule has 0 unspecified atom stereocenters. The van der Waals surface area contributed by atoms with Crippen molar-refractivity contribution >= 4 is 23.6 Å². The molecule has 1 aromatic heterocycles. The summed E-state index contributed by atoms with van der Waals surface area (Å²) >= 11 is 0. The summed E-state index contributed by atoms with van der Waals surface area (Å²) in [5.74, 6) is -0.309. The molecule has 1 N–H and O–H groups in total. The number of anilines is 2. The Morgan fingerprint density at radius 1 is 1.11 bits per heavy atom. The molecule has 142 valence electrons. The highest BCUT2D eigenvalue weighted by Gasteiger charge is 2.23. The van der Waals surface area contributed by atoms with Crippen LogP contribution in [-0.2, 0) is 4.74 Å². The maximum Gasteiger partial charge on any atom is 0.409 e. The highest BCUT2D eigenvalue weighted by molar-refractivity contribution is 6.03. The number of nitrogens with zero attached hydrogens (tertiary/aromatic N) is 4. The van der Waals surface area contributed by atoms with E-state index in [1.807, 2.05) is 4.90 Å². The summed E-state index contributed by atoms with van der Waals surface area (Å²) in [4.78, 5) is 27.5. The molecule has 0 aliphatic carbocycles. The van der Waals surface area contributed by atoms with Crippen molar-refractivity contribution in [3.8, 4) is 0 Å². The molecular weight excluding hydrogens is 353 g/mol. The summed E-state index contributed by atoms with van der Waals surface area (Å²) in [6, 6.07) is 9.06. The first-order chi connectivity index (χ1) is 13.1. The average molecular weight is 373 g/mol. The molecule has 8 nitrogen and oxygen atoms in total. The number of halogens is 1. The molecule has 1 fully saturated rings. The first kappa shape index (κ1) is 18.6. The van der Waals surface area contributed by atoms with Gasteiger partial charge in [-0.1, -0.05) is 12.1 Å². The first-order valence-electron chi connectivity index (χ1n) is 8.64. The largest absolute Gasteiger partial charge is 0.450 e. The third-order valence-electron chi connectivity index (χ3n) is 4.14. The molecule has 0 saturated carbocycles. The van der Waals surface area contributed by atoms with Crippen molar-refractivity contribution in [2.24, 2.45) is 0 Å². The topological polar surface area (TPSA) is 87.7 Å². The fourth-order valence-corrected chi connectivity index (χ4v) is 2.72. The minimum atomic E-state index is -0.598. The van der Waals surface area contributed by atoms with Gasteiger partial charge in [0.1, 0.15) is 5.82 Å². The SMILES string of the molecule is CCOC(=O)N1CCN(c2ccc(NC(=O)c3ccccc3F)nn2)CC1. The lowest BCUT2D eigenvalue weighted by Crippen LogP contribution is -2.49. The molecule has 9 heteroatoms. The van der Waals surface area contributed by atoms with Crippen molar-refractivity contribution in [2.75, 3.05) is 43.0 Å². The van der Waals surface area contributed by atoms with Crippen LogP contribution in [0.25, 0.3) is 0 Å². The number of nitrogens with one attached hydrogen (secondary N) is 1. The van der Waals surface area contributed by atoms with E-state index >= 15 is 0 Å². The highest BCUT2D eigenvalue weighted by Crippen LogP contribution is 2.16.